The number of hydrogen-bond donors (Lipinski definition) is 0. The Morgan fingerprint density at radius 2 is 1.65 bits per heavy atom. The van der Waals surface area contributed by atoms with Crippen LogP contribution in [0.25, 0.3) is 10.9 Å². The van der Waals surface area contributed by atoms with Gasteiger partial charge < -0.3 is 0 Å². The van der Waals surface area contributed by atoms with E-state index in [1.165, 1.54) is 12.1 Å². The minimum atomic E-state index is -4.58. The van der Waals surface area contributed by atoms with Crippen molar-refractivity contribution in [3.8, 4) is 0 Å². The fourth-order valence-corrected chi connectivity index (χ4v) is 1.95. The Balaban J connectivity index is 2.84. The second kappa shape index (κ2) is 4.19. The number of nitrogens with zero attached hydrogens (tertiary/aromatic N) is 1. The Labute approximate surface area is 109 Å². The Morgan fingerprint density at radius 3 is 2.24 bits per heavy atom. The Hall–Kier alpha value is -0.710. The molecule has 0 fully saturated rings. The van der Waals surface area contributed by atoms with E-state index in [9.17, 15) is 13.2 Å². The van der Waals surface area contributed by atoms with Gasteiger partial charge in [-0.2, -0.15) is 13.2 Å². The van der Waals surface area contributed by atoms with E-state index in [4.69, 9.17) is 34.8 Å². The van der Waals surface area contributed by atoms with Crippen molar-refractivity contribution in [1.29, 1.82) is 0 Å². The molecular formula is C10H3Cl3F3N. The quantitative estimate of drug-likeness (QED) is 0.650. The second-order valence-electron chi connectivity index (χ2n) is 3.24. The lowest BCUT2D eigenvalue weighted by Crippen LogP contribution is -2.08. The van der Waals surface area contributed by atoms with Crippen LogP contribution < -0.4 is 0 Å². The summed E-state index contributed by atoms with van der Waals surface area (Å²) in [5.74, 6) is 0. The number of halogens is 6. The molecule has 1 aromatic carbocycles. The Bertz CT molecular complexity index is 595. The summed E-state index contributed by atoms with van der Waals surface area (Å²) in [6, 6.07) is 3.68. The third-order valence-corrected chi connectivity index (χ3v) is 3.22. The first-order valence-corrected chi connectivity index (χ1v) is 5.45. The number of fused-ring (bicyclic) bond motifs is 1. The number of aromatic nitrogens is 1. The highest BCUT2D eigenvalue weighted by Gasteiger charge is 2.33. The molecule has 0 aliphatic rings. The van der Waals surface area contributed by atoms with Gasteiger partial charge in [-0.15, -0.1) is 0 Å². The Kier molecular flexibility index (Phi) is 3.14. The summed E-state index contributed by atoms with van der Waals surface area (Å²) < 4.78 is 37.6. The van der Waals surface area contributed by atoms with Crippen LogP contribution in [0.2, 0.25) is 15.1 Å². The molecule has 0 N–H and O–H groups in total. The van der Waals surface area contributed by atoms with Gasteiger partial charge >= 0.3 is 6.18 Å². The standard InChI is InChI=1S/C10H3Cl3F3N/c11-5-2-1-4-6(12)3-7(10(14,15)16)17-9(4)8(5)13/h1-3H. The summed E-state index contributed by atoms with van der Waals surface area (Å²) >= 11 is 17.3. The summed E-state index contributed by atoms with van der Waals surface area (Å²) in [4.78, 5) is 3.44. The number of rotatable bonds is 0. The molecule has 90 valence electrons. The van der Waals surface area contributed by atoms with E-state index in [1.807, 2.05) is 0 Å². The molecule has 0 saturated heterocycles. The molecular weight excluding hydrogens is 297 g/mol. The third-order valence-electron chi connectivity index (χ3n) is 2.11. The van der Waals surface area contributed by atoms with Crippen molar-refractivity contribution < 1.29 is 13.2 Å². The van der Waals surface area contributed by atoms with Crippen LogP contribution in [-0.2, 0) is 6.18 Å². The summed E-state index contributed by atoms with van der Waals surface area (Å²) in [5.41, 5.74) is -1.15. The van der Waals surface area contributed by atoms with Gasteiger partial charge in [0, 0.05) is 5.39 Å². The van der Waals surface area contributed by atoms with Crippen LogP contribution in [0.5, 0.6) is 0 Å². The Morgan fingerprint density at radius 1 is 1.00 bits per heavy atom. The number of pyridine rings is 1. The van der Waals surface area contributed by atoms with Gasteiger partial charge in [-0.3, -0.25) is 0 Å². The number of alkyl halides is 3. The molecule has 0 unspecified atom stereocenters. The van der Waals surface area contributed by atoms with Crippen LogP contribution in [-0.4, -0.2) is 4.98 Å². The molecule has 0 saturated carbocycles. The van der Waals surface area contributed by atoms with Crippen LogP contribution >= 0.6 is 34.8 Å². The summed E-state index contributed by atoms with van der Waals surface area (Å²) in [6.45, 7) is 0. The lowest BCUT2D eigenvalue weighted by Gasteiger charge is -2.09. The van der Waals surface area contributed by atoms with E-state index in [1.54, 1.807) is 0 Å². The van der Waals surface area contributed by atoms with Crippen molar-refractivity contribution in [2.24, 2.45) is 0 Å². The average Bonchev–Trinajstić information content (AvgIpc) is 2.22. The van der Waals surface area contributed by atoms with Crippen molar-refractivity contribution in [2.45, 2.75) is 6.18 Å². The molecule has 0 spiro atoms. The number of benzene rings is 1. The molecule has 0 aliphatic carbocycles. The molecule has 1 aromatic heterocycles. The van der Waals surface area contributed by atoms with Gasteiger partial charge in [0.15, 0.2) is 0 Å². The van der Waals surface area contributed by atoms with E-state index >= 15 is 0 Å². The fourth-order valence-electron chi connectivity index (χ4n) is 1.34. The maximum atomic E-state index is 12.5. The van der Waals surface area contributed by atoms with Crippen LogP contribution in [0.15, 0.2) is 18.2 Å². The van der Waals surface area contributed by atoms with E-state index < -0.39 is 11.9 Å². The molecule has 7 heteroatoms. The van der Waals surface area contributed by atoms with Gasteiger partial charge in [0.05, 0.1) is 20.6 Å². The molecule has 17 heavy (non-hydrogen) atoms. The molecule has 0 atom stereocenters. The van der Waals surface area contributed by atoms with Crippen molar-refractivity contribution in [2.75, 3.05) is 0 Å². The molecule has 1 heterocycles. The van der Waals surface area contributed by atoms with Gasteiger partial charge in [0.1, 0.15) is 5.69 Å². The monoisotopic (exact) mass is 299 g/mol. The van der Waals surface area contributed by atoms with Crippen LogP contribution in [0.1, 0.15) is 5.69 Å². The van der Waals surface area contributed by atoms with Crippen LogP contribution in [0, 0.1) is 0 Å². The minimum absolute atomic E-state index is 0.0443. The zero-order valence-electron chi connectivity index (χ0n) is 7.95. The molecule has 0 radical (unpaired) electrons. The molecule has 0 amide bonds. The van der Waals surface area contributed by atoms with Gasteiger partial charge in [-0.1, -0.05) is 34.8 Å². The summed E-state index contributed by atoms with van der Waals surface area (Å²) in [7, 11) is 0. The zero-order valence-corrected chi connectivity index (χ0v) is 10.2. The highest BCUT2D eigenvalue weighted by Crippen LogP contribution is 2.37. The van der Waals surface area contributed by atoms with Gasteiger partial charge in [0.25, 0.3) is 0 Å². The summed E-state index contributed by atoms with van der Waals surface area (Å²) in [6.07, 6.45) is -4.58. The van der Waals surface area contributed by atoms with E-state index in [0.717, 1.165) is 6.07 Å². The highest BCUT2D eigenvalue weighted by atomic mass is 35.5. The first-order chi connectivity index (χ1) is 7.80. The van der Waals surface area contributed by atoms with E-state index in [-0.39, 0.29) is 20.6 Å². The molecule has 0 bridgehead atoms. The SMILES string of the molecule is FC(F)(F)c1cc(Cl)c2ccc(Cl)c(Cl)c2n1. The van der Waals surface area contributed by atoms with Gasteiger partial charge in [0.2, 0.25) is 0 Å². The lowest BCUT2D eigenvalue weighted by atomic mass is 10.2. The van der Waals surface area contributed by atoms with Crippen molar-refractivity contribution in [3.05, 3.63) is 39.0 Å². The largest absolute Gasteiger partial charge is 0.433 e. The molecule has 2 aromatic rings. The van der Waals surface area contributed by atoms with Gasteiger partial charge in [-0.05, 0) is 18.2 Å². The molecule has 2 rings (SSSR count). The molecule has 0 aliphatic heterocycles. The highest BCUT2D eigenvalue weighted by molar-refractivity contribution is 6.46. The van der Waals surface area contributed by atoms with E-state index in [2.05, 4.69) is 4.98 Å². The topological polar surface area (TPSA) is 12.9 Å². The lowest BCUT2D eigenvalue weighted by molar-refractivity contribution is -0.140. The minimum Gasteiger partial charge on any atom is -0.242 e. The normalized spacial score (nSPS) is 12.1. The smallest absolute Gasteiger partial charge is 0.242 e. The summed E-state index contributed by atoms with van der Waals surface area (Å²) in [5, 5.41) is 0.342. The first kappa shape index (κ1) is 12.7. The predicted molar refractivity (Wildman–Crippen MR) is 61.8 cm³/mol. The first-order valence-electron chi connectivity index (χ1n) is 4.32. The molecule has 1 nitrogen and oxygen atoms in total. The van der Waals surface area contributed by atoms with Crippen LogP contribution in [0.4, 0.5) is 13.2 Å². The van der Waals surface area contributed by atoms with E-state index in [0.29, 0.717) is 5.39 Å². The predicted octanol–water partition coefficient (Wildman–Crippen LogP) is 5.21. The third kappa shape index (κ3) is 2.30. The van der Waals surface area contributed by atoms with Crippen molar-refractivity contribution in [3.63, 3.8) is 0 Å². The van der Waals surface area contributed by atoms with Gasteiger partial charge in [-0.25, -0.2) is 4.98 Å². The average molecular weight is 300 g/mol. The number of hydrogen-bond acceptors (Lipinski definition) is 1. The van der Waals surface area contributed by atoms with Crippen molar-refractivity contribution >= 4 is 45.7 Å². The fraction of sp³-hybridized carbons (Fsp3) is 0.100. The zero-order chi connectivity index (χ0) is 12.8. The maximum absolute atomic E-state index is 12.5. The van der Waals surface area contributed by atoms with Crippen LogP contribution in [0.3, 0.4) is 0 Å². The maximum Gasteiger partial charge on any atom is 0.433 e. The van der Waals surface area contributed by atoms with Crippen molar-refractivity contribution in [1.82, 2.24) is 4.98 Å². The second-order valence-corrected chi connectivity index (χ2v) is 4.44.